The molecular formula is C20H16ClN5O2. The first-order valence-corrected chi connectivity index (χ1v) is 8.63. The van der Waals surface area contributed by atoms with Gasteiger partial charge >= 0.3 is 0 Å². The summed E-state index contributed by atoms with van der Waals surface area (Å²) in [6.45, 7) is 1.83. The average Bonchev–Trinajstić information content (AvgIpc) is 2.71. The zero-order valence-corrected chi connectivity index (χ0v) is 15.9. The first-order valence-electron chi connectivity index (χ1n) is 8.25. The lowest BCUT2D eigenvalue weighted by Crippen LogP contribution is -2.15. The standard InChI is InChI=1S/C20H16ClN5O2/c1-12-7-16(18(28-2)8-14(12)21)26-20(27)17-10-24-19(11-23-17)25-15-6-4-3-5-13(15)9-22/h3-8,10-11H,1-2H3,(H,24,25)(H,26,27). The predicted molar refractivity (Wildman–Crippen MR) is 107 cm³/mol. The van der Waals surface area contributed by atoms with Gasteiger partial charge in [0.2, 0.25) is 0 Å². The number of anilines is 3. The molecule has 7 nitrogen and oxygen atoms in total. The monoisotopic (exact) mass is 393 g/mol. The molecule has 0 spiro atoms. The van der Waals surface area contributed by atoms with Gasteiger partial charge in [0.25, 0.3) is 5.91 Å². The third kappa shape index (κ3) is 4.19. The second-order valence-corrected chi connectivity index (χ2v) is 6.23. The van der Waals surface area contributed by atoms with Crippen molar-refractivity contribution in [3.05, 3.63) is 70.6 Å². The number of para-hydroxylation sites is 1. The lowest BCUT2D eigenvalue weighted by atomic mass is 10.2. The molecule has 1 heterocycles. The van der Waals surface area contributed by atoms with Gasteiger partial charge in [0.05, 0.1) is 36.4 Å². The highest BCUT2D eigenvalue weighted by atomic mass is 35.5. The zero-order chi connectivity index (χ0) is 20.1. The number of nitrogens with one attached hydrogen (secondary N) is 2. The SMILES string of the molecule is COc1cc(Cl)c(C)cc1NC(=O)c1cnc(Nc2ccccc2C#N)cn1. The Labute approximate surface area is 167 Å². The molecule has 1 aromatic heterocycles. The van der Waals surface area contributed by atoms with E-state index in [4.69, 9.17) is 21.6 Å². The average molecular weight is 394 g/mol. The summed E-state index contributed by atoms with van der Waals surface area (Å²) in [5.41, 5.74) is 2.52. The van der Waals surface area contributed by atoms with Crippen molar-refractivity contribution < 1.29 is 9.53 Å². The van der Waals surface area contributed by atoms with E-state index in [2.05, 4.69) is 26.7 Å². The number of nitrogens with zero attached hydrogens (tertiary/aromatic N) is 3. The fourth-order valence-corrected chi connectivity index (χ4v) is 2.61. The molecule has 3 rings (SSSR count). The van der Waals surface area contributed by atoms with E-state index in [9.17, 15) is 4.79 Å². The molecule has 0 aliphatic rings. The van der Waals surface area contributed by atoms with Gasteiger partial charge in [-0.25, -0.2) is 9.97 Å². The van der Waals surface area contributed by atoms with Crippen LogP contribution in [0.25, 0.3) is 0 Å². The van der Waals surface area contributed by atoms with Crippen molar-refractivity contribution in [2.24, 2.45) is 0 Å². The Kier molecular flexibility index (Phi) is 5.72. The molecule has 0 fully saturated rings. The number of hydrogen-bond acceptors (Lipinski definition) is 6. The molecule has 0 unspecified atom stereocenters. The van der Waals surface area contributed by atoms with Crippen molar-refractivity contribution in [3.8, 4) is 11.8 Å². The quantitative estimate of drug-likeness (QED) is 0.669. The maximum atomic E-state index is 12.5. The van der Waals surface area contributed by atoms with Gasteiger partial charge in [-0.15, -0.1) is 0 Å². The van der Waals surface area contributed by atoms with Gasteiger partial charge in [-0.2, -0.15) is 5.26 Å². The van der Waals surface area contributed by atoms with Crippen molar-refractivity contribution in [2.75, 3.05) is 17.7 Å². The van der Waals surface area contributed by atoms with E-state index in [-0.39, 0.29) is 5.69 Å². The predicted octanol–water partition coefficient (Wildman–Crippen LogP) is 4.31. The molecule has 0 saturated heterocycles. The number of halogens is 1. The van der Waals surface area contributed by atoms with Gasteiger partial charge in [-0.1, -0.05) is 23.7 Å². The maximum Gasteiger partial charge on any atom is 0.275 e. The van der Waals surface area contributed by atoms with E-state index in [1.54, 1.807) is 36.4 Å². The molecule has 8 heteroatoms. The van der Waals surface area contributed by atoms with Crippen molar-refractivity contribution >= 4 is 34.7 Å². The smallest absolute Gasteiger partial charge is 0.275 e. The summed E-state index contributed by atoms with van der Waals surface area (Å²) in [6.07, 6.45) is 2.77. The highest BCUT2D eigenvalue weighted by Gasteiger charge is 2.13. The fourth-order valence-electron chi connectivity index (χ4n) is 2.45. The van der Waals surface area contributed by atoms with E-state index < -0.39 is 5.91 Å². The number of aromatic nitrogens is 2. The Morgan fingerprint density at radius 1 is 1.18 bits per heavy atom. The topological polar surface area (TPSA) is 99.9 Å². The summed E-state index contributed by atoms with van der Waals surface area (Å²) < 4.78 is 5.25. The number of benzene rings is 2. The molecule has 0 radical (unpaired) electrons. The number of ether oxygens (including phenoxy) is 1. The molecule has 140 valence electrons. The van der Waals surface area contributed by atoms with E-state index >= 15 is 0 Å². The van der Waals surface area contributed by atoms with Crippen molar-refractivity contribution in [1.29, 1.82) is 5.26 Å². The Hall–Kier alpha value is -3.63. The molecule has 3 aromatic rings. The normalized spacial score (nSPS) is 10.1. The number of rotatable bonds is 5. The third-order valence-electron chi connectivity index (χ3n) is 3.92. The van der Waals surface area contributed by atoms with Crippen LogP contribution in [0, 0.1) is 18.3 Å². The number of nitriles is 1. The minimum Gasteiger partial charge on any atom is -0.495 e. The highest BCUT2D eigenvalue weighted by Crippen LogP contribution is 2.31. The maximum absolute atomic E-state index is 12.5. The molecule has 1 amide bonds. The van der Waals surface area contributed by atoms with Gasteiger partial charge in [-0.05, 0) is 30.7 Å². The van der Waals surface area contributed by atoms with Gasteiger partial charge in [0, 0.05) is 11.1 Å². The number of aryl methyl sites for hydroxylation is 1. The summed E-state index contributed by atoms with van der Waals surface area (Å²) in [5, 5.41) is 15.4. The second kappa shape index (κ2) is 8.37. The van der Waals surface area contributed by atoms with E-state index in [0.29, 0.717) is 33.5 Å². The molecule has 2 N–H and O–H groups in total. The number of carbonyl (C=O) groups is 1. The minimum absolute atomic E-state index is 0.133. The third-order valence-corrected chi connectivity index (χ3v) is 4.33. The van der Waals surface area contributed by atoms with Crippen LogP contribution in [-0.2, 0) is 0 Å². The molecule has 0 atom stereocenters. The van der Waals surface area contributed by atoms with Gasteiger partial charge in [0.1, 0.15) is 23.3 Å². The largest absolute Gasteiger partial charge is 0.495 e. The molecular weight excluding hydrogens is 378 g/mol. The van der Waals surface area contributed by atoms with Crippen LogP contribution >= 0.6 is 11.6 Å². The van der Waals surface area contributed by atoms with Crippen LogP contribution in [0.15, 0.2) is 48.8 Å². The molecule has 28 heavy (non-hydrogen) atoms. The summed E-state index contributed by atoms with van der Waals surface area (Å²) >= 11 is 6.08. The molecule has 0 bridgehead atoms. The minimum atomic E-state index is -0.434. The van der Waals surface area contributed by atoms with Crippen LogP contribution in [0.5, 0.6) is 5.75 Å². The van der Waals surface area contributed by atoms with Crippen LogP contribution < -0.4 is 15.4 Å². The van der Waals surface area contributed by atoms with Crippen molar-refractivity contribution in [2.45, 2.75) is 6.92 Å². The fraction of sp³-hybridized carbons (Fsp3) is 0.100. The van der Waals surface area contributed by atoms with Crippen molar-refractivity contribution in [1.82, 2.24) is 9.97 Å². The summed E-state index contributed by atoms with van der Waals surface area (Å²) in [5.74, 6) is 0.430. The Bertz CT molecular complexity index is 1060. The number of hydrogen-bond donors (Lipinski definition) is 2. The van der Waals surface area contributed by atoms with Gasteiger partial charge in [-0.3, -0.25) is 4.79 Å². The van der Waals surface area contributed by atoms with Crippen LogP contribution in [0.2, 0.25) is 5.02 Å². The van der Waals surface area contributed by atoms with Crippen LogP contribution in [0.4, 0.5) is 17.2 Å². The number of carbonyl (C=O) groups excluding carboxylic acids is 1. The number of amides is 1. The summed E-state index contributed by atoms with van der Waals surface area (Å²) in [4.78, 5) is 20.8. The molecule has 0 saturated carbocycles. The lowest BCUT2D eigenvalue weighted by Gasteiger charge is -2.12. The molecule has 0 aliphatic heterocycles. The number of methoxy groups -OCH3 is 1. The van der Waals surface area contributed by atoms with Crippen LogP contribution in [0.1, 0.15) is 21.6 Å². The first-order chi connectivity index (χ1) is 13.5. The van der Waals surface area contributed by atoms with Crippen LogP contribution in [-0.4, -0.2) is 23.0 Å². The van der Waals surface area contributed by atoms with E-state index in [1.807, 2.05) is 6.92 Å². The first kappa shape index (κ1) is 19.1. The summed E-state index contributed by atoms with van der Waals surface area (Å²) in [7, 11) is 1.50. The molecule has 0 aliphatic carbocycles. The lowest BCUT2D eigenvalue weighted by molar-refractivity contribution is 0.102. The highest BCUT2D eigenvalue weighted by molar-refractivity contribution is 6.31. The Balaban J connectivity index is 1.76. The zero-order valence-electron chi connectivity index (χ0n) is 15.2. The van der Waals surface area contributed by atoms with Crippen LogP contribution in [0.3, 0.4) is 0 Å². The second-order valence-electron chi connectivity index (χ2n) is 5.83. The molecule has 2 aromatic carbocycles. The van der Waals surface area contributed by atoms with E-state index in [0.717, 1.165) is 5.56 Å². The van der Waals surface area contributed by atoms with E-state index in [1.165, 1.54) is 19.5 Å². The Morgan fingerprint density at radius 2 is 1.96 bits per heavy atom. The van der Waals surface area contributed by atoms with Gasteiger partial charge in [0.15, 0.2) is 0 Å². The van der Waals surface area contributed by atoms with Gasteiger partial charge < -0.3 is 15.4 Å². The van der Waals surface area contributed by atoms with Crippen molar-refractivity contribution in [3.63, 3.8) is 0 Å². The summed E-state index contributed by atoms with van der Waals surface area (Å²) in [6, 6.07) is 12.5. The Morgan fingerprint density at radius 3 is 2.64 bits per heavy atom.